The minimum atomic E-state index is -3.59. The van der Waals surface area contributed by atoms with Gasteiger partial charge >= 0.3 is 11.7 Å². The van der Waals surface area contributed by atoms with Crippen molar-refractivity contribution in [2.24, 2.45) is 0 Å². The van der Waals surface area contributed by atoms with Gasteiger partial charge in [-0.05, 0) is 6.07 Å². The summed E-state index contributed by atoms with van der Waals surface area (Å²) >= 11 is 0. The quantitative estimate of drug-likeness (QED) is 0.490. The van der Waals surface area contributed by atoms with Gasteiger partial charge in [0, 0.05) is 17.2 Å². The van der Waals surface area contributed by atoms with E-state index < -0.39 is 27.3 Å². The molecule has 0 aliphatic carbocycles. The number of hydrogen-bond donors (Lipinski definition) is 1. The van der Waals surface area contributed by atoms with Crippen molar-refractivity contribution in [3.63, 3.8) is 0 Å². The van der Waals surface area contributed by atoms with Crippen LogP contribution in [0.1, 0.15) is 16.2 Å². The lowest BCUT2D eigenvalue weighted by molar-refractivity contribution is -0.470. The van der Waals surface area contributed by atoms with Crippen LogP contribution in [-0.4, -0.2) is 37.7 Å². The predicted molar refractivity (Wildman–Crippen MR) is 72.4 cm³/mol. The number of carbonyl (C=O) groups is 1. The molecule has 0 atom stereocenters. The molecule has 9 heteroatoms. The minimum absolute atomic E-state index is 0.0117. The lowest BCUT2D eigenvalue weighted by Crippen LogP contribution is -2.33. The molecule has 0 unspecified atom stereocenters. The number of hydrogen-bond acceptors (Lipinski definition) is 6. The van der Waals surface area contributed by atoms with Gasteiger partial charge in [-0.3, -0.25) is 0 Å². The fourth-order valence-electron chi connectivity index (χ4n) is 1.97. The van der Waals surface area contributed by atoms with Gasteiger partial charge in [0.1, 0.15) is 5.75 Å². The second-order valence-electron chi connectivity index (χ2n) is 4.45. The van der Waals surface area contributed by atoms with Crippen molar-refractivity contribution in [3.8, 4) is 0 Å². The Bertz CT molecular complexity index is 884. The maximum absolute atomic E-state index is 12.3. The molecule has 21 heavy (non-hydrogen) atoms. The van der Waals surface area contributed by atoms with Crippen molar-refractivity contribution < 1.29 is 27.6 Å². The predicted octanol–water partition coefficient (Wildman–Crippen LogP) is 0.124. The van der Waals surface area contributed by atoms with Gasteiger partial charge in [-0.1, -0.05) is 12.1 Å². The van der Waals surface area contributed by atoms with E-state index in [0.717, 1.165) is 13.4 Å². The number of rotatable bonds is 3. The van der Waals surface area contributed by atoms with E-state index in [1.807, 2.05) is 0 Å². The molecular formula is C12H13N2O6S+. The third-order valence-electron chi connectivity index (χ3n) is 2.84. The third kappa shape index (κ3) is 2.72. The summed E-state index contributed by atoms with van der Waals surface area (Å²) in [7, 11) is -2.53. The number of esters is 1. The van der Waals surface area contributed by atoms with Gasteiger partial charge in [0.25, 0.3) is 5.52 Å². The zero-order valence-corrected chi connectivity index (χ0v) is 12.1. The average Bonchev–Trinajstić information content (AvgIpc) is 2.43. The zero-order chi connectivity index (χ0) is 15.8. The van der Waals surface area contributed by atoms with Crippen LogP contribution in [0.2, 0.25) is 0 Å². The Balaban J connectivity index is 2.96. The number of fused-ring (bicyclic) bond motifs is 1. The fourth-order valence-corrected chi connectivity index (χ4v) is 2.73. The van der Waals surface area contributed by atoms with Gasteiger partial charge in [-0.2, -0.15) is 4.73 Å². The molecular weight excluding hydrogens is 300 g/mol. The van der Waals surface area contributed by atoms with Gasteiger partial charge < -0.3 is 9.94 Å². The molecule has 1 aromatic heterocycles. The maximum atomic E-state index is 12.3. The van der Waals surface area contributed by atoms with Crippen LogP contribution in [0, 0.1) is 4.91 Å². The summed E-state index contributed by atoms with van der Waals surface area (Å²) in [4.78, 5) is 24.1. The van der Waals surface area contributed by atoms with Gasteiger partial charge in [-0.15, -0.1) is 0 Å². The second kappa shape index (κ2) is 5.17. The molecule has 0 saturated carbocycles. The summed E-state index contributed by atoms with van der Waals surface area (Å²) in [6.45, 7) is 0. The van der Waals surface area contributed by atoms with E-state index in [9.17, 15) is 23.3 Å². The smallest absolute Gasteiger partial charge is 0.410 e. The fraction of sp³-hybridized carbons (Fsp3) is 0.250. The van der Waals surface area contributed by atoms with Crippen molar-refractivity contribution in [2.45, 2.75) is 5.75 Å². The zero-order valence-electron chi connectivity index (χ0n) is 11.3. The van der Waals surface area contributed by atoms with Crippen LogP contribution >= 0.6 is 0 Å². The normalized spacial score (nSPS) is 11.5. The number of para-hydroxylation sites is 2. The van der Waals surface area contributed by atoms with E-state index in [1.54, 1.807) is 12.1 Å². The molecule has 0 bridgehead atoms. The van der Waals surface area contributed by atoms with Crippen LogP contribution in [-0.2, 0) is 20.3 Å². The Morgan fingerprint density at radius 1 is 1.38 bits per heavy atom. The number of ether oxygens (including phenoxy) is 1. The molecule has 8 nitrogen and oxygen atoms in total. The molecule has 0 radical (unpaired) electrons. The highest BCUT2D eigenvalue weighted by molar-refractivity contribution is 7.89. The van der Waals surface area contributed by atoms with Crippen molar-refractivity contribution in [1.29, 1.82) is 0 Å². The van der Waals surface area contributed by atoms with Crippen LogP contribution in [0.3, 0.4) is 0 Å². The molecule has 0 saturated heterocycles. The van der Waals surface area contributed by atoms with E-state index in [-0.39, 0.29) is 21.2 Å². The van der Waals surface area contributed by atoms with Crippen molar-refractivity contribution in [1.82, 2.24) is 4.73 Å². The minimum Gasteiger partial charge on any atom is -0.461 e. The summed E-state index contributed by atoms with van der Waals surface area (Å²) in [6, 6.07) is 5.94. The Morgan fingerprint density at radius 2 is 2.00 bits per heavy atom. The van der Waals surface area contributed by atoms with Gasteiger partial charge in [0.2, 0.25) is 0 Å². The number of sulfone groups is 1. The molecule has 0 amide bonds. The van der Waals surface area contributed by atoms with Crippen molar-refractivity contribution >= 4 is 26.8 Å². The molecule has 2 rings (SSSR count). The van der Waals surface area contributed by atoms with E-state index in [4.69, 9.17) is 0 Å². The number of carbonyl (C=O) groups excluding carboxylic acids is 1. The van der Waals surface area contributed by atoms with Gasteiger partial charge in [0.05, 0.1) is 11.5 Å². The van der Waals surface area contributed by atoms with Crippen molar-refractivity contribution in [3.05, 3.63) is 40.6 Å². The standard InChI is InChI=1S/C12H13N2O6S/c1-20-12(15)11-10(7-21(2,18)19)13(16)8-5-3-4-6-9(8)14(11)17/h3-6,16H,7H2,1-2H3/q+1. The first kappa shape index (κ1) is 15.0. The summed E-state index contributed by atoms with van der Waals surface area (Å²) in [5.41, 5.74) is -0.821. The lowest BCUT2D eigenvalue weighted by atomic mass is 10.2. The first-order valence-electron chi connectivity index (χ1n) is 5.80. The number of benzene rings is 1. The molecule has 0 fully saturated rings. The van der Waals surface area contributed by atoms with E-state index in [2.05, 4.69) is 4.74 Å². The number of methoxy groups -OCH3 is 1. The maximum Gasteiger partial charge on any atom is 0.410 e. The highest BCUT2D eigenvalue weighted by Crippen LogP contribution is 2.16. The first-order valence-corrected chi connectivity index (χ1v) is 7.87. The van der Waals surface area contributed by atoms with Crippen LogP contribution in [0.5, 0.6) is 0 Å². The average molecular weight is 313 g/mol. The van der Waals surface area contributed by atoms with Crippen molar-refractivity contribution in [2.75, 3.05) is 13.4 Å². The Labute approximate surface area is 119 Å². The third-order valence-corrected chi connectivity index (χ3v) is 3.64. The van der Waals surface area contributed by atoms with E-state index >= 15 is 0 Å². The Hall–Kier alpha value is -2.42. The van der Waals surface area contributed by atoms with Crippen LogP contribution < -0.4 is 4.43 Å². The molecule has 112 valence electrons. The highest BCUT2D eigenvalue weighted by Gasteiger charge is 2.33. The monoisotopic (exact) mass is 313 g/mol. The molecule has 1 N–H and O–H groups in total. The summed E-state index contributed by atoms with van der Waals surface area (Å²) in [6.07, 6.45) is 0.929. The van der Waals surface area contributed by atoms with Gasteiger partial charge in [-0.25, -0.2) is 13.2 Å². The number of nitrogens with zero attached hydrogens (tertiary/aromatic N) is 2. The van der Waals surface area contributed by atoms with E-state index in [0.29, 0.717) is 4.73 Å². The first-order chi connectivity index (χ1) is 9.76. The highest BCUT2D eigenvalue weighted by atomic mass is 32.2. The van der Waals surface area contributed by atoms with Crippen LogP contribution in [0.15, 0.2) is 24.3 Å². The largest absolute Gasteiger partial charge is 0.461 e. The Kier molecular flexibility index (Phi) is 3.69. The van der Waals surface area contributed by atoms with Crippen LogP contribution in [0.4, 0.5) is 0 Å². The van der Waals surface area contributed by atoms with Crippen LogP contribution in [0.25, 0.3) is 11.0 Å². The Morgan fingerprint density at radius 3 is 2.57 bits per heavy atom. The number of aromatic nitrogens is 2. The molecule has 0 spiro atoms. The molecule has 0 aliphatic heterocycles. The molecule has 0 aliphatic rings. The SMILES string of the molecule is COC(=O)c1c(CS(C)(=O)=O)n(O)c2ccccc2[n+]1=O. The lowest BCUT2D eigenvalue weighted by Gasteiger charge is -2.08. The summed E-state index contributed by atoms with van der Waals surface area (Å²) < 4.78 is 28.2. The molecule has 1 aromatic carbocycles. The van der Waals surface area contributed by atoms with E-state index in [1.165, 1.54) is 12.1 Å². The summed E-state index contributed by atoms with van der Waals surface area (Å²) in [5, 5.41) is 10.2. The molecule has 1 heterocycles. The summed E-state index contributed by atoms with van der Waals surface area (Å²) in [5.74, 6) is -1.71. The second-order valence-corrected chi connectivity index (χ2v) is 6.59. The topological polar surface area (TPSA) is 109 Å². The molecule has 2 aromatic rings. The van der Waals surface area contributed by atoms with Gasteiger partial charge in [0.15, 0.2) is 21.0 Å².